The zero-order chi connectivity index (χ0) is 39.5. The number of imide groups is 1. The number of benzene rings is 3. The maximum atomic E-state index is 14.1. The number of carbonyl (C=O) groups excluding carboxylic acids is 4. The molecular weight excluding hydrogens is 745 g/mol. The average molecular weight is 789 g/mol. The van der Waals surface area contributed by atoms with Crippen molar-refractivity contribution in [2.75, 3.05) is 10.8 Å². The predicted octanol–water partition coefficient (Wildman–Crippen LogP) is 8.55. The van der Waals surface area contributed by atoms with Gasteiger partial charge in [0.2, 0.25) is 0 Å². The lowest BCUT2D eigenvalue weighted by Crippen LogP contribution is -2.39. The Morgan fingerprint density at radius 2 is 1.40 bits per heavy atom. The van der Waals surface area contributed by atoms with Crippen LogP contribution in [0, 0.1) is 0 Å². The Morgan fingerprint density at radius 3 is 1.98 bits per heavy atom. The first-order valence-corrected chi connectivity index (χ1v) is 18.8. The van der Waals surface area contributed by atoms with Crippen LogP contribution in [-0.4, -0.2) is 60.4 Å². The molecule has 15 heteroatoms. The third-order valence-corrected chi connectivity index (χ3v) is 9.66. The maximum Gasteiger partial charge on any atom is 0.419 e. The van der Waals surface area contributed by atoms with Crippen molar-refractivity contribution in [3.63, 3.8) is 0 Å². The second kappa shape index (κ2) is 15.8. The highest BCUT2D eigenvalue weighted by Gasteiger charge is 2.32. The summed E-state index contributed by atoms with van der Waals surface area (Å²) in [6, 6.07) is 17.4. The van der Waals surface area contributed by atoms with Crippen molar-refractivity contribution in [2.45, 2.75) is 89.9 Å². The predicted molar refractivity (Wildman–Crippen MR) is 203 cm³/mol. The lowest BCUT2D eigenvalue weighted by molar-refractivity contribution is -0.152. The van der Waals surface area contributed by atoms with Crippen molar-refractivity contribution in [1.29, 1.82) is 0 Å². The molecular formula is C38H43Cl2N3O9S. The topological polar surface area (TPSA) is 150 Å². The molecule has 3 aromatic carbocycles. The van der Waals surface area contributed by atoms with E-state index in [0.29, 0.717) is 12.8 Å². The van der Waals surface area contributed by atoms with Crippen molar-refractivity contribution >= 4 is 73.9 Å². The molecule has 0 saturated heterocycles. The number of halogens is 2. The van der Waals surface area contributed by atoms with Gasteiger partial charge in [-0.2, -0.15) is 0 Å². The van der Waals surface area contributed by atoms with Crippen molar-refractivity contribution in [1.82, 2.24) is 9.88 Å². The van der Waals surface area contributed by atoms with Gasteiger partial charge in [0.1, 0.15) is 23.3 Å². The number of alkyl carbamates (subject to hydrolysis) is 1. The highest BCUT2D eigenvalue weighted by Crippen LogP contribution is 2.33. The Kier molecular flexibility index (Phi) is 12.3. The first kappa shape index (κ1) is 41.2. The van der Waals surface area contributed by atoms with Gasteiger partial charge in [-0.1, -0.05) is 53.5 Å². The number of hydrogen-bond acceptors (Lipinski definition) is 9. The molecule has 0 saturated carbocycles. The van der Waals surface area contributed by atoms with E-state index in [2.05, 4.69) is 5.32 Å². The van der Waals surface area contributed by atoms with E-state index in [9.17, 15) is 27.6 Å². The van der Waals surface area contributed by atoms with Gasteiger partial charge in [0.15, 0.2) is 0 Å². The van der Waals surface area contributed by atoms with Gasteiger partial charge >= 0.3 is 18.2 Å². The molecule has 1 N–H and O–H groups in total. The van der Waals surface area contributed by atoms with Gasteiger partial charge in [-0.05, 0) is 110 Å². The summed E-state index contributed by atoms with van der Waals surface area (Å²) < 4.78 is 46.7. The summed E-state index contributed by atoms with van der Waals surface area (Å²) in [4.78, 5) is 52.8. The average Bonchev–Trinajstić information content (AvgIpc) is 3.40. The summed E-state index contributed by atoms with van der Waals surface area (Å²) >= 11 is 12.3. The Labute approximate surface area is 319 Å². The Bertz CT molecular complexity index is 2110. The zero-order valence-electron chi connectivity index (χ0n) is 30.8. The Morgan fingerprint density at radius 1 is 0.792 bits per heavy atom. The number of esters is 1. The van der Waals surface area contributed by atoms with Crippen LogP contribution in [0.4, 0.5) is 15.3 Å². The highest BCUT2D eigenvalue weighted by molar-refractivity contribution is 7.92. The fourth-order valence-electron chi connectivity index (χ4n) is 5.20. The van der Waals surface area contributed by atoms with E-state index in [0.717, 1.165) is 14.4 Å². The normalized spacial score (nSPS) is 12.3. The molecule has 0 fully saturated rings. The highest BCUT2D eigenvalue weighted by atomic mass is 35.5. The molecule has 0 spiro atoms. The number of nitrogens with one attached hydrogen (secondary N) is 1. The van der Waals surface area contributed by atoms with Gasteiger partial charge in [0, 0.05) is 21.6 Å². The largest absolute Gasteiger partial charge is 0.459 e. The van der Waals surface area contributed by atoms with Gasteiger partial charge in [-0.3, -0.25) is 23.8 Å². The van der Waals surface area contributed by atoms with Crippen LogP contribution in [0.2, 0.25) is 10.0 Å². The van der Waals surface area contributed by atoms with E-state index < -0.39 is 57.4 Å². The van der Waals surface area contributed by atoms with Crippen LogP contribution >= 0.6 is 23.2 Å². The lowest BCUT2D eigenvalue weighted by atomic mass is 9.99. The number of amides is 2. The van der Waals surface area contributed by atoms with E-state index in [1.807, 2.05) is 30.3 Å². The quantitative estimate of drug-likeness (QED) is 0.123. The Hall–Kier alpha value is -4.59. The van der Waals surface area contributed by atoms with E-state index in [1.54, 1.807) is 55.4 Å². The molecule has 0 aliphatic rings. The number of sulfonamides is 1. The third kappa shape index (κ3) is 11.2. The first-order chi connectivity index (χ1) is 24.4. The number of anilines is 1. The summed E-state index contributed by atoms with van der Waals surface area (Å²) in [6.45, 7) is 12.5. The van der Waals surface area contributed by atoms with Crippen LogP contribution in [-0.2, 0) is 35.4 Å². The number of rotatable bonds is 10. The van der Waals surface area contributed by atoms with Crippen LogP contribution in [0.15, 0.2) is 77.8 Å². The number of fused-ring (bicyclic) bond motifs is 1. The summed E-state index contributed by atoms with van der Waals surface area (Å²) in [5, 5.41) is 2.46. The second-order valence-corrected chi connectivity index (χ2v) is 17.6. The van der Waals surface area contributed by atoms with Crippen molar-refractivity contribution < 1.29 is 41.8 Å². The minimum Gasteiger partial charge on any atom is -0.459 e. The molecule has 0 unspecified atom stereocenters. The molecule has 12 nitrogen and oxygen atoms in total. The molecule has 0 atom stereocenters. The van der Waals surface area contributed by atoms with E-state index in [-0.39, 0.29) is 37.1 Å². The van der Waals surface area contributed by atoms with E-state index >= 15 is 0 Å². The van der Waals surface area contributed by atoms with Gasteiger partial charge in [0.25, 0.3) is 15.9 Å². The second-order valence-electron chi connectivity index (χ2n) is 14.9. The maximum absolute atomic E-state index is 14.1. The SMILES string of the molecule is CC(C)(C)OC(=O)CN(c1ccc2c(C(=O)NC(=O)OC(C)(C)CCc3ccccc3)cn(C(=O)OC(C)(C)C)c2c1)S(=O)(=O)c1cc(Cl)cc(Cl)c1. The van der Waals surface area contributed by atoms with Crippen LogP contribution in [0.25, 0.3) is 10.9 Å². The van der Waals surface area contributed by atoms with Crippen molar-refractivity contribution in [3.05, 3.63) is 94.1 Å². The van der Waals surface area contributed by atoms with Crippen molar-refractivity contribution in [3.8, 4) is 0 Å². The molecule has 0 aliphatic heterocycles. The number of aromatic nitrogens is 1. The zero-order valence-corrected chi connectivity index (χ0v) is 33.1. The molecule has 1 heterocycles. The van der Waals surface area contributed by atoms with E-state index in [4.69, 9.17) is 37.4 Å². The number of carbonyl (C=O) groups is 4. The van der Waals surface area contributed by atoms with Gasteiger partial charge in [-0.15, -0.1) is 0 Å². The fourth-order valence-corrected chi connectivity index (χ4v) is 7.33. The monoisotopic (exact) mass is 787 g/mol. The molecule has 4 rings (SSSR count). The molecule has 1 aromatic heterocycles. The number of ether oxygens (including phenoxy) is 3. The standard InChI is InChI=1S/C38H43Cl2N3O9S/c1-36(2,3)50-32(44)23-43(53(48,49)28-19-25(39)18-26(40)20-28)27-14-15-29-30(22-42(31(29)21-27)35(47)52-37(4,5)6)33(45)41-34(46)51-38(7,8)17-16-24-12-10-9-11-13-24/h9-15,18-22H,16-17,23H2,1-8H3,(H,41,45,46). The van der Waals surface area contributed by atoms with Gasteiger partial charge in [-0.25, -0.2) is 18.0 Å². The minimum absolute atomic E-state index is 0.0342. The molecule has 53 heavy (non-hydrogen) atoms. The fraction of sp³-hybridized carbons (Fsp3) is 0.368. The number of hydrogen-bond donors (Lipinski definition) is 1. The lowest BCUT2D eigenvalue weighted by Gasteiger charge is -2.27. The summed E-state index contributed by atoms with van der Waals surface area (Å²) in [7, 11) is -4.55. The summed E-state index contributed by atoms with van der Waals surface area (Å²) in [5.74, 6) is -1.76. The van der Waals surface area contributed by atoms with Crippen LogP contribution in [0.3, 0.4) is 0 Å². The van der Waals surface area contributed by atoms with Crippen LogP contribution in [0.5, 0.6) is 0 Å². The van der Waals surface area contributed by atoms with Crippen molar-refractivity contribution in [2.24, 2.45) is 0 Å². The first-order valence-electron chi connectivity index (χ1n) is 16.6. The third-order valence-electron chi connectivity index (χ3n) is 7.47. The Balaban J connectivity index is 1.75. The molecule has 0 bridgehead atoms. The van der Waals surface area contributed by atoms with Gasteiger partial charge < -0.3 is 14.2 Å². The molecule has 0 radical (unpaired) electrons. The summed E-state index contributed by atoms with van der Waals surface area (Å²) in [5.41, 5.74) is -1.93. The summed E-state index contributed by atoms with van der Waals surface area (Å²) in [6.07, 6.45) is 0.383. The van der Waals surface area contributed by atoms with Gasteiger partial charge in [0.05, 0.1) is 21.7 Å². The number of aryl methyl sites for hydroxylation is 1. The van der Waals surface area contributed by atoms with Crippen LogP contribution < -0.4 is 9.62 Å². The smallest absolute Gasteiger partial charge is 0.419 e. The molecule has 284 valence electrons. The molecule has 2 amide bonds. The molecule has 0 aliphatic carbocycles. The van der Waals surface area contributed by atoms with E-state index in [1.165, 1.54) is 42.6 Å². The number of nitrogens with zero attached hydrogens (tertiary/aromatic N) is 2. The van der Waals surface area contributed by atoms with Crippen LogP contribution in [0.1, 0.15) is 77.7 Å². The molecule has 4 aromatic rings. The minimum atomic E-state index is -4.55.